The van der Waals surface area contributed by atoms with E-state index in [2.05, 4.69) is 82.8 Å². The molecule has 2 aromatic rings. The Morgan fingerprint density at radius 3 is 1.42 bits per heavy atom. The smallest absolute Gasteiger partial charge is 0.237 e. The summed E-state index contributed by atoms with van der Waals surface area (Å²) in [6, 6.07) is 16.1. The SMILES string of the molecule is Cc1ccc(CNC(=O)[C@@H](C)N2CCCN([C@@H](C)C(=O)NCc3ccc(C)cc3)CC2)cc1. The van der Waals surface area contributed by atoms with Crippen LogP contribution in [0.4, 0.5) is 0 Å². The molecule has 6 nitrogen and oxygen atoms in total. The highest BCUT2D eigenvalue weighted by molar-refractivity contribution is 5.81. The van der Waals surface area contributed by atoms with Crippen molar-refractivity contribution in [3.8, 4) is 0 Å². The first kappa shape index (κ1) is 24.9. The van der Waals surface area contributed by atoms with Crippen LogP contribution in [0, 0.1) is 13.8 Å². The monoisotopic (exact) mass is 450 g/mol. The number of amides is 2. The molecule has 6 heteroatoms. The summed E-state index contributed by atoms with van der Waals surface area (Å²) in [5, 5.41) is 6.13. The minimum absolute atomic E-state index is 0.0490. The van der Waals surface area contributed by atoms with Gasteiger partial charge in [-0.25, -0.2) is 0 Å². The minimum Gasteiger partial charge on any atom is -0.351 e. The third-order valence-electron chi connectivity index (χ3n) is 6.59. The van der Waals surface area contributed by atoms with Gasteiger partial charge in [0.2, 0.25) is 11.8 Å². The maximum absolute atomic E-state index is 12.7. The van der Waals surface area contributed by atoms with Crippen molar-refractivity contribution in [2.24, 2.45) is 0 Å². The third kappa shape index (κ3) is 7.41. The second-order valence-corrected chi connectivity index (χ2v) is 9.18. The van der Waals surface area contributed by atoms with E-state index < -0.39 is 0 Å². The van der Waals surface area contributed by atoms with Crippen LogP contribution < -0.4 is 10.6 Å². The number of carbonyl (C=O) groups is 2. The zero-order chi connectivity index (χ0) is 23.8. The average Bonchev–Trinajstić information content (AvgIpc) is 3.08. The number of benzene rings is 2. The fourth-order valence-corrected chi connectivity index (χ4v) is 4.15. The van der Waals surface area contributed by atoms with Crippen LogP contribution in [0.15, 0.2) is 48.5 Å². The normalized spacial score (nSPS) is 17.1. The first-order chi connectivity index (χ1) is 15.8. The molecule has 1 aliphatic heterocycles. The predicted octanol–water partition coefficient (Wildman–Crippen LogP) is 3.02. The molecule has 0 spiro atoms. The first-order valence-corrected chi connectivity index (χ1v) is 12.0. The standard InChI is InChI=1S/C27H38N4O2/c1-20-6-10-24(11-7-20)18-28-26(32)22(3)30-14-5-15-31(17-16-30)23(4)27(33)29-19-25-12-8-21(2)9-13-25/h6-13,22-23H,5,14-19H2,1-4H3,(H,28,32)(H,29,33)/t22-,23+. The fraction of sp³-hybridized carbons (Fsp3) is 0.481. The van der Waals surface area contributed by atoms with E-state index >= 15 is 0 Å². The summed E-state index contributed by atoms with van der Waals surface area (Å²) < 4.78 is 0. The van der Waals surface area contributed by atoms with Crippen molar-refractivity contribution in [2.45, 2.75) is 59.3 Å². The minimum atomic E-state index is -0.193. The van der Waals surface area contributed by atoms with Crippen molar-refractivity contribution in [1.29, 1.82) is 0 Å². The topological polar surface area (TPSA) is 64.7 Å². The van der Waals surface area contributed by atoms with E-state index in [0.717, 1.165) is 43.7 Å². The van der Waals surface area contributed by atoms with Gasteiger partial charge in [-0.15, -0.1) is 0 Å². The molecule has 0 radical (unpaired) electrons. The van der Waals surface area contributed by atoms with Gasteiger partial charge < -0.3 is 10.6 Å². The van der Waals surface area contributed by atoms with E-state index in [-0.39, 0.29) is 23.9 Å². The van der Waals surface area contributed by atoms with Crippen LogP contribution in [-0.4, -0.2) is 59.9 Å². The van der Waals surface area contributed by atoms with E-state index in [1.807, 2.05) is 13.8 Å². The van der Waals surface area contributed by atoms with Gasteiger partial charge in [0.05, 0.1) is 12.1 Å². The Kier molecular flexibility index (Phi) is 9.03. The number of nitrogens with one attached hydrogen (secondary N) is 2. The molecule has 1 fully saturated rings. The second kappa shape index (κ2) is 12.0. The lowest BCUT2D eigenvalue weighted by Crippen LogP contribution is -2.48. The van der Waals surface area contributed by atoms with Gasteiger partial charge in [-0.3, -0.25) is 19.4 Å². The van der Waals surface area contributed by atoms with Gasteiger partial charge in [0, 0.05) is 39.3 Å². The number of rotatable bonds is 8. The van der Waals surface area contributed by atoms with Crippen molar-refractivity contribution in [2.75, 3.05) is 26.2 Å². The van der Waals surface area contributed by atoms with Crippen LogP contribution >= 0.6 is 0 Å². The highest BCUT2D eigenvalue weighted by Gasteiger charge is 2.27. The molecule has 3 rings (SSSR count). The molecule has 2 N–H and O–H groups in total. The zero-order valence-corrected chi connectivity index (χ0v) is 20.4. The van der Waals surface area contributed by atoms with Gasteiger partial charge in [-0.05, 0) is 45.2 Å². The highest BCUT2D eigenvalue weighted by atomic mass is 16.2. The Labute approximate surface area is 198 Å². The van der Waals surface area contributed by atoms with Crippen molar-refractivity contribution in [3.05, 3.63) is 70.8 Å². The average molecular weight is 451 g/mol. The first-order valence-electron chi connectivity index (χ1n) is 12.0. The van der Waals surface area contributed by atoms with Crippen LogP contribution in [0.3, 0.4) is 0 Å². The molecule has 1 saturated heterocycles. The Morgan fingerprint density at radius 2 is 1.06 bits per heavy atom. The number of aryl methyl sites for hydroxylation is 2. The predicted molar refractivity (Wildman–Crippen MR) is 133 cm³/mol. The summed E-state index contributed by atoms with van der Waals surface area (Å²) in [5.41, 5.74) is 4.64. The van der Waals surface area contributed by atoms with E-state index in [1.165, 1.54) is 11.1 Å². The maximum atomic E-state index is 12.7. The van der Waals surface area contributed by atoms with Crippen molar-refractivity contribution >= 4 is 11.8 Å². The summed E-state index contributed by atoms with van der Waals surface area (Å²) in [6.45, 7) is 12.4. The van der Waals surface area contributed by atoms with Crippen LogP contribution in [-0.2, 0) is 22.7 Å². The molecule has 2 amide bonds. The number of hydrogen-bond acceptors (Lipinski definition) is 4. The summed E-state index contributed by atoms with van der Waals surface area (Å²) in [7, 11) is 0. The second-order valence-electron chi connectivity index (χ2n) is 9.18. The van der Waals surface area contributed by atoms with Crippen molar-refractivity contribution in [1.82, 2.24) is 20.4 Å². The molecular formula is C27H38N4O2. The Hall–Kier alpha value is -2.70. The molecule has 0 aromatic heterocycles. The van der Waals surface area contributed by atoms with Crippen LogP contribution in [0.1, 0.15) is 42.5 Å². The molecule has 1 heterocycles. The molecule has 0 aliphatic carbocycles. The quantitative estimate of drug-likeness (QED) is 0.649. The van der Waals surface area contributed by atoms with Crippen LogP contribution in [0.2, 0.25) is 0 Å². The van der Waals surface area contributed by atoms with Gasteiger partial charge in [0.1, 0.15) is 0 Å². The van der Waals surface area contributed by atoms with Crippen molar-refractivity contribution < 1.29 is 9.59 Å². The van der Waals surface area contributed by atoms with Crippen LogP contribution in [0.25, 0.3) is 0 Å². The van der Waals surface area contributed by atoms with Gasteiger partial charge >= 0.3 is 0 Å². The number of carbonyl (C=O) groups excluding carboxylic acids is 2. The molecule has 2 atom stereocenters. The lowest BCUT2D eigenvalue weighted by atomic mass is 10.1. The van der Waals surface area contributed by atoms with Crippen LogP contribution in [0.5, 0.6) is 0 Å². The number of hydrogen-bond donors (Lipinski definition) is 2. The Morgan fingerprint density at radius 1 is 0.697 bits per heavy atom. The molecule has 2 aromatic carbocycles. The van der Waals surface area contributed by atoms with E-state index in [1.54, 1.807) is 0 Å². The molecule has 0 bridgehead atoms. The van der Waals surface area contributed by atoms with E-state index in [9.17, 15) is 9.59 Å². The number of nitrogens with zero attached hydrogens (tertiary/aromatic N) is 2. The van der Waals surface area contributed by atoms with Gasteiger partial charge in [-0.2, -0.15) is 0 Å². The van der Waals surface area contributed by atoms with Gasteiger partial charge in [0.15, 0.2) is 0 Å². The largest absolute Gasteiger partial charge is 0.351 e. The van der Waals surface area contributed by atoms with E-state index in [4.69, 9.17) is 0 Å². The third-order valence-corrected chi connectivity index (χ3v) is 6.59. The lowest BCUT2D eigenvalue weighted by molar-refractivity contribution is -0.127. The maximum Gasteiger partial charge on any atom is 0.237 e. The van der Waals surface area contributed by atoms with E-state index in [0.29, 0.717) is 13.1 Å². The molecule has 178 valence electrons. The molecular weight excluding hydrogens is 412 g/mol. The fourth-order valence-electron chi connectivity index (χ4n) is 4.15. The Balaban J connectivity index is 1.45. The lowest BCUT2D eigenvalue weighted by Gasteiger charge is -2.28. The zero-order valence-electron chi connectivity index (χ0n) is 20.4. The molecule has 33 heavy (non-hydrogen) atoms. The summed E-state index contributed by atoms with van der Waals surface area (Å²) >= 11 is 0. The summed E-state index contributed by atoms with van der Waals surface area (Å²) in [4.78, 5) is 29.9. The molecule has 0 unspecified atom stereocenters. The van der Waals surface area contributed by atoms with Crippen molar-refractivity contribution in [3.63, 3.8) is 0 Å². The summed E-state index contributed by atoms with van der Waals surface area (Å²) in [5.74, 6) is 0.0980. The summed E-state index contributed by atoms with van der Waals surface area (Å²) in [6.07, 6.45) is 0.936. The molecule has 1 aliphatic rings. The van der Waals surface area contributed by atoms with Gasteiger partial charge in [0.25, 0.3) is 0 Å². The molecule has 0 saturated carbocycles. The highest BCUT2D eigenvalue weighted by Crippen LogP contribution is 2.11. The Bertz CT molecular complexity index is 835. The van der Waals surface area contributed by atoms with Gasteiger partial charge in [-0.1, -0.05) is 59.7 Å².